The molecule has 9 heteroatoms. The topological polar surface area (TPSA) is 103 Å². The van der Waals surface area contributed by atoms with Gasteiger partial charge in [0.05, 0.1) is 0 Å². The van der Waals surface area contributed by atoms with Gasteiger partial charge in [-0.25, -0.2) is 0 Å². The Labute approximate surface area is 212 Å². The average Bonchev–Trinajstić information content (AvgIpc) is 3.46. The number of amides is 4. The van der Waals surface area contributed by atoms with Crippen LogP contribution in [0.5, 0.6) is 0 Å². The van der Waals surface area contributed by atoms with E-state index in [9.17, 15) is 19.2 Å². The van der Waals surface area contributed by atoms with Gasteiger partial charge in [-0.2, -0.15) is 0 Å². The SMILES string of the molecule is O=C1CCC(N2Cc3cc(C4CCN(C(=O)c5cc6c(Cl)cccc6[nH]5)CC4)ccc3C2=O)C(=O)N1. The average molecular weight is 505 g/mol. The Morgan fingerprint density at radius 1 is 1.00 bits per heavy atom. The zero-order chi connectivity index (χ0) is 25.0. The zero-order valence-corrected chi connectivity index (χ0v) is 20.3. The van der Waals surface area contributed by atoms with Gasteiger partial charge >= 0.3 is 0 Å². The third-order valence-electron chi connectivity index (χ3n) is 7.64. The van der Waals surface area contributed by atoms with Gasteiger partial charge in [0.15, 0.2) is 0 Å². The summed E-state index contributed by atoms with van der Waals surface area (Å²) in [5.74, 6) is -0.593. The first kappa shape index (κ1) is 22.8. The van der Waals surface area contributed by atoms with Crippen LogP contribution in [0, 0.1) is 0 Å². The lowest BCUT2D eigenvalue weighted by molar-refractivity contribution is -0.136. The number of carbonyl (C=O) groups excluding carboxylic acids is 4. The van der Waals surface area contributed by atoms with E-state index in [2.05, 4.69) is 16.4 Å². The molecule has 0 aliphatic carbocycles. The molecule has 3 aliphatic rings. The van der Waals surface area contributed by atoms with E-state index in [0.29, 0.717) is 42.3 Å². The van der Waals surface area contributed by atoms with Gasteiger partial charge in [-0.3, -0.25) is 24.5 Å². The molecule has 0 spiro atoms. The Bertz CT molecular complexity index is 1420. The van der Waals surface area contributed by atoms with Crippen molar-refractivity contribution >= 4 is 46.1 Å². The number of nitrogens with one attached hydrogen (secondary N) is 2. The summed E-state index contributed by atoms with van der Waals surface area (Å²) in [5, 5.41) is 3.80. The minimum Gasteiger partial charge on any atom is -0.350 e. The van der Waals surface area contributed by atoms with Crippen LogP contribution in [0.2, 0.25) is 5.02 Å². The highest BCUT2D eigenvalue weighted by atomic mass is 35.5. The zero-order valence-electron chi connectivity index (χ0n) is 19.6. The Morgan fingerprint density at radius 3 is 2.56 bits per heavy atom. The Kier molecular flexibility index (Phi) is 5.56. The number of imide groups is 1. The van der Waals surface area contributed by atoms with Crippen molar-refractivity contribution in [3.63, 3.8) is 0 Å². The highest BCUT2D eigenvalue weighted by Gasteiger charge is 2.39. The van der Waals surface area contributed by atoms with Gasteiger partial charge in [0.2, 0.25) is 11.8 Å². The standard InChI is InChI=1S/C27H25ClN4O4/c28-20-2-1-3-21-19(20)13-22(29-21)27(36)31-10-8-15(9-11-31)16-4-5-18-17(12-16)14-32(26(18)35)23-6-7-24(33)30-25(23)34/h1-5,12-13,15,23,29H,6-11,14H2,(H,30,33,34). The number of piperidine rings is 2. The van der Waals surface area contributed by atoms with E-state index in [1.807, 2.05) is 41.3 Å². The molecule has 2 N–H and O–H groups in total. The Hall–Kier alpha value is -3.65. The van der Waals surface area contributed by atoms with Crippen molar-refractivity contribution in [3.05, 3.63) is 69.9 Å². The molecule has 4 heterocycles. The van der Waals surface area contributed by atoms with Crippen LogP contribution in [0.3, 0.4) is 0 Å². The molecule has 1 unspecified atom stereocenters. The summed E-state index contributed by atoms with van der Waals surface area (Å²) in [4.78, 5) is 56.5. The number of H-pyrrole nitrogens is 1. The summed E-state index contributed by atoms with van der Waals surface area (Å²) in [6, 6.07) is 12.7. The lowest BCUT2D eigenvalue weighted by Crippen LogP contribution is -2.52. The van der Waals surface area contributed by atoms with Gasteiger partial charge in [-0.1, -0.05) is 29.8 Å². The van der Waals surface area contributed by atoms with Crippen LogP contribution in [0.15, 0.2) is 42.5 Å². The van der Waals surface area contributed by atoms with Gasteiger partial charge < -0.3 is 14.8 Å². The van der Waals surface area contributed by atoms with Crippen LogP contribution in [0.25, 0.3) is 10.9 Å². The molecule has 2 saturated heterocycles. The number of aromatic amines is 1. The van der Waals surface area contributed by atoms with E-state index in [4.69, 9.17) is 11.6 Å². The molecule has 184 valence electrons. The summed E-state index contributed by atoms with van der Waals surface area (Å²) in [7, 11) is 0. The van der Waals surface area contributed by atoms with Crippen molar-refractivity contribution in [2.75, 3.05) is 13.1 Å². The van der Waals surface area contributed by atoms with Crippen LogP contribution in [0.4, 0.5) is 0 Å². The van der Waals surface area contributed by atoms with E-state index in [-0.39, 0.29) is 30.1 Å². The second kappa shape index (κ2) is 8.78. The number of rotatable bonds is 3. The monoisotopic (exact) mass is 504 g/mol. The molecule has 3 aromatic rings. The van der Waals surface area contributed by atoms with Crippen LogP contribution < -0.4 is 5.32 Å². The molecule has 36 heavy (non-hydrogen) atoms. The lowest BCUT2D eigenvalue weighted by Gasteiger charge is -2.32. The number of nitrogens with zero attached hydrogens (tertiary/aromatic N) is 2. The Balaban J connectivity index is 1.13. The minimum absolute atomic E-state index is 0.0276. The van der Waals surface area contributed by atoms with Crippen molar-refractivity contribution in [2.45, 2.75) is 44.2 Å². The molecule has 0 saturated carbocycles. The molecule has 0 bridgehead atoms. The number of halogens is 1. The number of benzene rings is 2. The first-order valence-electron chi connectivity index (χ1n) is 12.2. The molecule has 6 rings (SSSR count). The van der Waals surface area contributed by atoms with Crippen LogP contribution in [0.1, 0.15) is 63.6 Å². The molecule has 2 fully saturated rings. The number of hydrogen-bond acceptors (Lipinski definition) is 4. The first-order chi connectivity index (χ1) is 17.4. The minimum atomic E-state index is -0.611. The molecular weight excluding hydrogens is 480 g/mol. The molecule has 4 amide bonds. The number of likely N-dealkylation sites (tertiary alicyclic amines) is 1. The number of hydrogen-bond donors (Lipinski definition) is 2. The maximum absolute atomic E-state index is 13.1. The first-order valence-corrected chi connectivity index (χ1v) is 12.6. The molecule has 1 atom stereocenters. The second-order valence-electron chi connectivity index (χ2n) is 9.77. The molecule has 0 radical (unpaired) electrons. The van der Waals surface area contributed by atoms with Crippen LogP contribution in [-0.4, -0.2) is 57.5 Å². The molecule has 3 aliphatic heterocycles. The van der Waals surface area contributed by atoms with Crippen LogP contribution >= 0.6 is 11.6 Å². The number of aromatic nitrogens is 1. The molecule has 1 aromatic heterocycles. The summed E-state index contributed by atoms with van der Waals surface area (Å²) >= 11 is 6.26. The Morgan fingerprint density at radius 2 is 1.81 bits per heavy atom. The summed E-state index contributed by atoms with van der Waals surface area (Å²) < 4.78 is 0. The highest BCUT2D eigenvalue weighted by Crippen LogP contribution is 2.34. The highest BCUT2D eigenvalue weighted by molar-refractivity contribution is 6.35. The fourth-order valence-corrected chi connectivity index (χ4v) is 5.90. The third kappa shape index (κ3) is 3.86. The molecule has 8 nitrogen and oxygen atoms in total. The van der Waals surface area contributed by atoms with Gasteiger partial charge in [0, 0.05) is 47.5 Å². The predicted octanol–water partition coefficient (Wildman–Crippen LogP) is 3.60. The smallest absolute Gasteiger partial charge is 0.270 e. The maximum atomic E-state index is 13.1. The number of fused-ring (bicyclic) bond motifs is 2. The fraction of sp³-hybridized carbons (Fsp3) is 0.333. The molecular formula is C27H25ClN4O4. The lowest BCUT2D eigenvalue weighted by atomic mass is 9.88. The van der Waals surface area contributed by atoms with E-state index in [1.54, 1.807) is 4.90 Å². The van der Waals surface area contributed by atoms with Crippen molar-refractivity contribution < 1.29 is 19.2 Å². The normalized spacial score (nSPS) is 20.7. The summed E-state index contributed by atoms with van der Waals surface area (Å²) in [5.41, 5.74) is 4.07. The maximum Gasteiger partial charge on any atom is 0.270 e. The summed E-state index contributed by atoms with van der Waals surface area (Å²) in [6.45, 7) is 1.66. The van der Waals surface area contributed by atoms with Crippen molar-refractivity contribution in [2.24, 2.45) is 0 Å². The van der Waals surface area contributed by atoms with Crippen LogP contribution in [-0.2, 0) is 16.1 Å². The van der Waals surface area contributed by atoms with Gasteiger partial charge in [0.1, 0.15) is 11.7 Å². The van der Waals surface area contributed by atoms with Gasteiger partial charge in [-0.15, -0.1) is 0 Å². The van der Waals surface area contributed by atoms with Crippen molar-refractivity contribution in [1.82, 2.24) is 20.1 Å². The second-order valence-corrected chi connectivity index (χ2v) is 10.2. The van der Waals surface area contributed by atoms with E-state index >= 15 is 0 Å². The van der Waals surface area contributed by atoms with E-state index in [1.165, 1.54) is 0 Å². The predicted molar refractivity (Wildman–Crippen MR) is 134 cm³/mol. The molecule has 2 aromatic carbocycles. The van der Waals surface area contributed by atoms with Crippen molar-refractivity contribution in [1.29, 1.82) is 0 Å². The van der Waals surface area contributed by atoms with Gasteiger partial charge in [-0.05, 0) is 60.6 Å². The van der Waals surface area contributed by atoms with E-state index < -0.39 is 11.9 Å². The van der Waals surface area contributed by atoms with Gasteiger partial charge in [0.25, 0.3) is 11.8 Å². The third-order valence-corrected chi connectivity index (χ3v) is 7.97. The fourth-order valence-electron chi connectivity index (χ4n) is 5.67. The largest absolute Gasteiger partial charge is 0.350 e. The number of carbonyl (C=O) groups is 4. The quantitative estimate of drug-likeness (QED) is 0.532. The van der Waals surface area contributed by atoms with Crippen molar-refractivity contribution in [3.8, 4) is 0 Å². The van der Waals surface area contributed by atoms with E-state index in [0.717, 1.165) is 34.9 Å². The summed E-state index contributed by atoms with van der Waals surface area (Å²) in [6.07, 6.45) is 2.25.